The number of amides is 2. The van der Waals surface area contributed by atoms with E-state index in [0.717, 1.165) is 63.5 Å². The average Bonchev–Trinajstić information content (AvgIpc) is 3.26. The van der Waals surface area contributed by atoms with Gasteiger partial charge in [0.25, 0.3) is 0 Å². The summed E-state index contributed by atoms with van der Waals surface area (Å²) in [5.41, 5.74) is 1.33. The van der Waals surface area contributed by atoms with E-state index in [0.29, 0.717) is 84.7 Å². The van der Waals surface area contributed by atoms with Crippen molar-refractivity contribution in [3.63, 3.8) is 0 Å². The molecule has 494 valence electrons. The molecule has 4 fully saturated rings. The van der Waals surface area contributed by atoms with E-state index in [1.165, 1.54) is 0 Å². The predicted octanol–water partition coefficient (Wildman–Crippen LogP) is 9.36. The van der Waals surface area contributed by atoms with E-state index >= 15 is 0 Å². The summed E-state index contributed by atoms with van der Waals surface area (Å²) in [5, 5.41) is 28.6. The molecule has 0 spiro atoms. The molecule has 2 saturated heterocycles. The van der Waals surface area contributed by atoms with Crippen LogP contribution in [-0.2, 0) is 76.3 Å². The van der Waals surface area contributed by atoms with Crippen molar-refractivity contribution in [3.05, 3.63) is 36.5 Å². The van der Waals surface area contributed by atoms with Gasteiger partial charge in [-0.25, -0.2) is 24.0 Å². The molecule has 0 aromatic rings. The molecule has 2 amide bonds. The van der Waals surface area contributed by atoms with E-state index in [1.807, 2.05) is 76.2 Å². The molecule has 4 rings (SSSR count). The summed E-state index contributed by atoms with van der Waals surface area (Å²) >= 11 is 0. The van der Waals surface area contributed by atoms with Crippen molar-refractivity contribution in [2.75, 3.05) is 65.9 Å². The maximum Gasteiger partial charge on any atom is 0.433 e. The van der Waals surface area contributed by atoms with Crippen LogP contribution >= 0.6 is 0 Å². The topological polar surface area (TPSA) is 325 Å². The van der Waals surface area contributed by atoms with Crippen LogP contribution in [0.15, 0.2) is 46.8 Å². The molecule has 2 heterocycles. The summed E-state index contributed by atoms with van der Waals surface area (Å²) in [6.45, 7) is 41.0. The molecule has 2 aliphatic carbocycles. The van der Waals surface area contributed by atoms with Crippen molar-refractivity contribution in [1.82, 2.24) is 10.6 Å². The fourth-order valence-corrected chi connectivity index (χ4v) is 6.35. The van der Waals surface area contributed by atoms with Gasteiger partial charge in [-0.3, -0.25) is 24.1 Å². The van der Waals surface area contributed by atoms with Crippen LogP contribution in [0.4, 0.5) is 9.59 Å². The summed E-state index contributed by atoms with van der Waals surface area (Å²) in [6, 6.07) is 0. The number of esters is 6. The van der Waals surface area contributed by atoms with Crippen LogP contribution in [0, 0.1) is 28.1 Å². The molecule has 2 aliphatic heterocycles. The quantitative estimate of drug-likeness (QED) is 0.00869. The molecule has 4 aliphatic rings. The van der Waals surface area contributed by atoms with Gasteiger partial charge in [0.2, 0.25) is 0 Å². The summed E-state index contributed by atoms with van der Waals surface area (Å²) in [7, 11) is 0. The van der Waals surface area contributed by atoms with Gasteiger partial charge in [0.15, 0.2) is 0 Å². The van der Waals surface area contributed by atoms with Crippen LogP contribution in [-0.4, -0.2) is 160 Å². The maximum atomic E-state index is 11.8. The first-order valence-electron chi connectivity index (χ1n) is 29.7. The number of fused-ring (bicyclic) bond motifs is 2. The van der Waals surface area contributed by atoms with Crippen molar-refractivity contribution in [2.24, 2.45) is 38.4 Å². The van der Waals surface area contributed by atoms with E-state index < -0.39 is 35.0 Å². The molecule has 6 atom stereocenters. The van der Waals surface area contributed by atoms with E-state index in [4.69, 9.17) is 43.4 Å². The highest BCUT2D eigenvalue weighted by Gasteiger charge is 2.45. The second-order valence-corrected chi connectivity index (χ2v) is 23.0. The Morgan fingerprint density at radius 3 is 1.12 bits per heavy atom. The zero-order valence-corrected chi connectivity index (χ0v) is 54.6. The fourth-order valence-electron chi connectivity index (χ4n) is 6.35. The Balaban J connectivity index is 0. The number of carbonyl (C=O) groups is 8. The number of ether oxygens (including phenoxy) is 8. The Bertz CT molecular complexity index is 2210. The standard InChI is InChI=1S/C13H24N2O4.C13H22O3.C11H18N2O4.C11H16O3.C8H16O3.C6H10O3/c1-6-10(3)15-19-12(17)14-8-9-18-11(16)13(4,5)7-2;1-4-13(2,3)12(14)15-8-9-5-6-10-11(7-9)16-10;1-5-9(4)13-17-11(15)12-6-7-16-10(14)8(2)3;1-7(2)11(12)13-6-8-3-4-9-10(5-8)14-9;1-4-8(2,3)7(10)11-6-5-9;1-5(2)6(8)9-4-3-7/h6-9H2,1-5H3,(H,14,17);9-11H,4-8H2,1-3H3;2,5-7H2,1,3-4H3,(H,12,15);8-10H,1,3-6H2,2H3;9H,4-6H2,1-3H3;7H,1,3-4H2,2H3/b15-10+;;13-9+;;;. The van der Waals surface area contributed by atoms with Gasteiger partial charge >= 0.3 is 48.0 Å². The lowest BCUT2D eigenvalue weighted by Crippen LogP contribution is -2.31. The van der Waals surface area contributed by atoms with Gasteiger partial charge in [0, 0.05) is 16.7 Å². The van der Waals surface area contributed by atoms with E-state index in [9.17, 15) is 38.4 Å². The highest BCUT2D eigenvalue weighted by Crippen LogP contribution is 2.40. The zero-order valence-electron chi connectivity index (χ0n) is 54.6. The van der Waals surface area contributed by atoms with Crippen LogP contribution < -0.4 is 10.6 Å². The molecule has 0 aromatic heterocycles. The van der Waals surface area contributed by atoms with Gasteiger partial charge in [0.1, 0.15) is 26.4 Å². The van der Waals surface area contributed by atoms with Crippen LogP contribution in [0.25, 0.3) is 0 Å². The summed E-state index contributed by atoms with van der Waals surface area (Å²) < 4.78 is 40.4. The smallest absolute Gasteiger partial charge is 0.433 e. The molecule has 6 unspecified atom stereocenters. The third-order valence-electron chi connectivity index (χ3n) is 13.9. The Labute approximate surface area is 511 Å². The maximum absolute atomic E-state index is 11.8. The molecule has 24 nitrogen and oxygen atoms in total. The number of nitrogens with one attached hydrogen (secondary N) is 2. The van der Waals surface area contributed by atoms with Crippen LogP contribution in [0.2, 0.25) is 0 Å². The largest absolute Gasteiger partial charge is 0.465 e. The third kappa shape index (κ3) is 38.7. The molecule has 86 heavy (non-hydrogen) atoms. The molecule has 0 aromatic carbocycles. The minimum absolute atomic E-state index is 0.0473. The van der Waals surface area contributed by atoms with Gasteiger partial charge < -0.3 is 58.7 Å². The Morgan fingerprint density at radius 1 is 0.465 bits per heavy atom. The molecule has 24 heteroatoms. The first kappa shape index (κ1) is 81.8. The van der Waals surface area contributed by atoms with Crippen molar-refractivity contribution < 1.29 is 96.1 Å². The van der Waals surface area contributed by atoms with Crippen molar-refractivity contribution >= 4 is 59.4 Å². The Kier molecular flexibility index (Phi) is 42.1. The Morgan fingerprint density at radius 2 is 0.779 bits per heavy atom. The first-order valence-corrected chi connectivity index (χ1v) is 29.7. The van der Waals surface area contributed by atoms with Crippen LogP contribution in [0.1, 0.15) is 181 Å². The van der Waals surface area contributed by atoms with Crippen molar-refractivity contribution in [2.45, 2.75) is 206 Å². The monoisotopic (exact) mass is 1230 g/mol. The minimum Gasteiger partial charge on any atom is -0.465 e. The predicted molar refractivity (Wildman–Crippen MR) is 324 cm³/mol. The number of aliphatic hydroxyl groups is 2. The summed E-state index contributed by atoms with van der Waals surface area (Å²) in [4.78, 5) is 98.4. The van der Waals surface area contributed by atoms with Gasteiger partial charge in [-0.15, -0.1) is 0 Å². The number of aliphatic hydroxyl groups excluding tert-OH is 2. The van der Waals surface area contributed by atoms with Gasteiger partial charge in [-0.2, -0.15) is 0 Å². The minimum atomic E-state index is -0.677. The lowest BCUT2D eigenvalue weighted by atomic mass is 9.89. The number of hydrogen-bond donors (Lipinski definition) is 4. The van der Waals surface area contributed by atoms with Crippen molar-refractivity contribution in [3.8, 4) is 0 Å². The van der Waals surface area contributed by atoms with Gasteiger partial charge in [-0.05, 0) is 159 Å². The molecule has 2 saturated carbocycles. The third-order valence-corrected chi connectivity index (χ3v) is 13.9. The van der Waals surface area contributed by atoms with E-state index in [1.54, 1.807) is 34.6 Å². The number of carbonyl (C=O) groups excluding carboxylic acids is 8. The first-order chi connectivity index (χ1) is 40.2. The van der Waals surface area contributed by atoms with E-state index in [2.05, 4.69) is 55.1 Å². The molecular formula is C62H106N4O20. The zero-order chi connectivity index (χ0) is 66.2. The van der Waals surface area contributed by atoms with Gasteiger partial charge in [0.05, 0.1) is 91.6 Å². The summed E-state index contributed by atoms with van der Waals surface area (Å²) in [5.74, 6) is -0.789. The second-order valence-electron chi connectivity index (χ2n) is 23.0. The van der Waals surface area contributed by atoms with Crippen LogP contribution in [0.3, 0.4) is 0 Å². The number of epoxide rings is 2. The second kappa shape index (κ2) is 44.2. The number of rotatable bonds is 27. The summed E-state index contributed by atoms with van der Waals surface area (Å²) in [6.07, 6.45) is 11.0. The number of oxime groups is 2. The molecular weight excluding hydrogens is 1120 g/mol. The number of nitrogens with zero attached hydrogens (tertiary/aromatic N) is 2. The van der Waals surface area contributed by atoms with E-state index in [-0.39, 0.29) is 82.0 Å². The lowest BCUT2D eigenvalue weighted by molar-refractivity contribution is -0.156. The fraction of sp³-hybridized carbons (Fsp3) is 0.742. The normalized spacial score (nSPS) is 18.9. The SMILES string of the molecule is C=C(C)C(=O)OCC1CCC2OC2C1.C=C(C)C(=O)OCCNC(=O)O/N=C(\C)CC.C=C(C)C(=O)OCCO.CC/C(C)=N/OC(=O)NCCOC(=O)C(C)(C)CC.CCC(C)(C)C(=O)OCC1CCC2OC2C1.CCC(C)(C)C(=O)OCCO. The molecule has 0 radical (unpaired) electrons. The molecule has 0 bridgehead atoms. The van der Waals surface area contributed by atoms with Crippen molar-refractivity contribution in [1.29, 1.82) is 0 Å². The van der Waals surface area contributed by atoms with Gasteiger partial charge in [-0.1, -0.05) is 64.7 Å². The average molecular weight is 1230 g/mol. The highest BCUT2D eigenvalue weighted by atomic mass is 16.7. The number of hydrogen-bond acceptors (Lipinski definition) is 22. The highest BCUT2D eigenvalue weighted by molar-refractivity contribution is 5.88. The Hall–Kier alpha value is -6.24. The lowest BCUT2D eigenvalue weighted by Gasteiger charge is -2.24. The molecule has 4 N–H and O–H groups in total. The van der Waals surface area contributed by atoms with Crippen LogP contribution in [0.5, 0.6) is 0 Å².